The van der Waals surface area contributed by atoms with Crippen LogP contribution in [0.15, 0.2) is 24.3 Å². The van der Waals surface area contributed by atoms with E-state index in [9.17, 15) is 0 Å². The first-order valence-electron chi connectivity index (χ1n) is 4.78. The second-order valence-corrected chi connectivity index (χ2v) is 4.16. The minimum Gasteiger partial charge on any atom is -0.381 e. The van der Waals surface area contributed by atoms with Crippen LogP contribution in [-0.4, -0.2) is 6.04 Å². The van der Waals surface area contributed by atoms with Gasteiger partial charge >= 0.3 is 0 Å². The molecule has 0 radical (unpaired) electrons. The van der Waals surface area contributed by atoms with Crippen molar-refractivity contribution in [3.8, 4) is 0 Å². The number of nitrogens with one attached hydrogen (secondary N) is 1. The summed E-state index contributed by atoms with van der Waals surface area (Å²) in [6.07, 6.45) is 2.72. The number of para-hydroxylation sites is 1. The van der Waals surface area contributed by atoms with Crippen molar-refractivity contribution in [2.75, 3.05) is 5.32 Å². The predicted molar refractivity (Wildman–Crippen MR) is 57.3 cm³/mol. The average Bonchev–Trinajstić information content (AvgIpc) is 2.91. The van der Waals surface area contributed by atoms with Gasteiger partial charge in [0, 0.05) is 6.04 Å². The van der Waals surface area contributed by atoms with Crippen LogP contribution in [0, 0.1) is 5.92 Å². The summed E-state index contributed by atoms with van der Waals surface area (Å²) in [5, 5.41) is 4.25. The van der Waals surface area contributed by atoms with Crippen LogP contribution >= 0.6 is 11.6 Å². The fourth-order valence-corrected chi connectivity index (χ4v) is 1.73. The Balaban J connectivity index is 2.03. The van der Waals surface area contributed by atoms with E-state index >= 15 is 0 Å². The van der Waals surface area contributed by atoms with E-state index < -0.39 is 0 Å². The lowest BCUT2D eigenvalue weighted by Gasteiger charge is -2.15. The molecule has 1 aliphatic carbocycles. The van der Waals surface area contributed by atoms with E-state index in [-0.39, 0.29) is 0 Å². The Morgan fingerprint density at radius 3 is 2.69 bits per heavy atom. The fraction of sp³-hybridized carbons (Fsp3) is 0.455. The quantitative estimate of drug-likeness (QED) is 0.778. The Morgan fingerprint density at radius 1 is 1.38 bits per heavy atom. The van der Waals surface area contributed by atoms with Gasteiger partial charge in [-0.3, -0.25) is 0 Å². The van der Waals surface area contributed by atoms with Crippen molar-refractivity contribution < 1.29 is 0 Å². The Bertz CT molecular complexity index is 294. The monoisotopic (exact) mass is 195 g/mol. The highest BCUT2D eigenvalue weighted by molar-refractivity contribution is 6.33. The summed E-state index contributed by atoms with van der Waals surface area (Å²) >= 11 is 6.03. The molecule has 1 nitrogen and oxygen atoms in total. The van der Waals surface area contributed by atoms with E-state index in [2.05, 4.69) is 12.2 Å². The zero-order valence-electron chi connectivity index (χ0n) is 7.76. The summed E-state index contributed by atoms with van der Waals surface area (Å²) in [4.78, 5) is 0. The molecule has 1 atom stereocenters. The van der Waals surface area contributed by atoms with Crippen molar-refractivity contribution in [1.29, 1.82) is 0 Å². The Hall–Kier alpha value is -0.690. The molecule has 0 aromatic heterocycles. The van der Waals surface area contributed by atoms with Gasteiger partial charge < -0.3 is 5.32 Å². The van der Waals surface area contributed by atoms with Gasteiger partial charge in [-0.25, -0.2) is 0 Å². The van der Waals surface area contributed by atoms with E-state index in [4.69, 9.17) is 11.6 Å². The first-order valence-corrected chi connectivity index (χ1v) is 5.16. The highest BCUT2D eigenvalue weighted by atomic mass is 35.5. The van der Waals surface area contributed by atoms with Crippen LogP contribution in [0.4, 0.5) is 5.69 Å². The van der Waals surface area contributed by atoms with Crippen molar-refractivity contribution >= 4 is 17.3 Å². The molecule has 0 amide bonds. The number of rotatable bonds is 3. The number of benzene rings is 1. The molecular weight excluding hydrogens is 182 g/mol. The zero-order chi connectivity index (χ0) is 9.26. The molecule has 0 unspecified atom stereocenters. The second kappa shape index (κ2) is 3.59. The molecule has 1 N–H and O–H groups in total. The summed E-state index contributed by atoms with van der Waals surface area (Å²) in [6.45, 7) is 2.22. The van der Waals surface area contributed by atoms with Crippen LogP contribution in [0.25, 0.3) is 0 Å². The molecule has 13 heavy (non-hydrogen) atoms. The third-order valence-corrected chi connectivity index (χ3v) is 2.92. The lowest BCUT2D eigenvalue weighted by molar-refractivity contribution is 0.694. The zero-order valence-corrected chi connectivity index (χ0v) is 8.51. The molecule has 0 saturated heterocycles. The number of halogens is 1. The highest BCUT2D eigenvalue weighted by Gasteiger charge is 2.27. The minimum absolute atomic E-state index is 0.555. The first kappa shape index (κ1) is 8.89. The lowest BCUT2D eigenvalue weighted by atomic mass is 10.2. The van der Waals surface area contributed by atoms with E-state index in [0.717, 1.165) is 16.6 Å². The van der Waals surface area contributed by atoms with Crippen molar-refractivity contribution in [2.24, 2.45) is 5.92 Å². The van der Waals surface area contributed by atoms with Gasteiger partial charge in [-0.15, -0.1) is 0 Å². The van der Waals surface area contributed by atoms with E-state index in [1.54, 1.807) is 0 Å². The normalized spacial score (nSPS) is 18.3. The summed E-state index contributed by atoms with van der Waals surface area (Å²) in [6, 6.07) is 8.47. The van der Waals surface area contributed by atoms with Crippen LogP contribution < -0.4 is 5.32 Å². The lowest BCUT2D eigenvalue weighted by Crippen LogP contribution is -2.17. The molecule has 1 saturated carbocycles. The Morgan fingerprint density at radius 2 is 2.08 bits per heavy atom. The van der Waals surface area contributed by atoms with Gasteiger partial charge in [0.15, 0.2) is 0 Å². The summed E-state index contributed by atoms with van der Waals surface area (Å²) in [5.41, 5.74) is 1.06. The van der Waals surface area contributed by atoms with Crippen molar-refractivity contribution in [2.45, 2.75) is 25.8 Å². The van der Waals surface area contributed by atoms with Crippen molar-refractivity contribution in [3.05, 3.63) is 29.3 Å². The number of hydrogen-bond donors (Lipinski definition) is 1. The molecule has 0 spiro atoms. The van der Waals surface area contributed by atoms with Gasteiger partial charge in [0.2, 0.25) is 0 Å². The van der Waals surface area contributed by atoms with Gasteiger partial charge in [-0.05, 0) is 37.8 Å². The average molecular weight is 196 g/mol. The molecule has 2 heteroatoms. The van der Waals surface area contributed by atoms with Crippen molar-refractivity contribution in [1.82, 2.24) is 0 Å². The van der Waals surface area contributed by atoms with E-state index in [1.165, 1.54) is 12.8 Å². The predicted octanol–water partition coefficient (Wildman–Crippen LogP) is 3.55. The maximum absolute atomic E-state index is 6.03. The Kier molecular flexibility index (Phi) is 2.45. The molecule has 0 aliphatic heterocycles. The van der Waals surface area contributed by atoms with Crippen LogP contribution in [0.2, 0.25) is 5.02 Å². The molecule has 0 bridgehead atoms. The van der Waals surface area contributed by atoms with Gasteiger partial charge in [0.1, 0.15) is 0 Å². The van der Waals surface area contributed by atoms with Crippen molar-refractivity contribution in [3.63, 3.8) is 0 Å². The van der Waals surface area contributed by atoms with Crippen LogP contribution in [0.5, 0.6) is 0 Å². The topological polar surface area (TPSA) is 12.0 Å². The summed E-state index contributed by atoms with van der Waals surface area (Å²) in [7, 11) is 0. The molecular formula is C11H14ClN. The molecule has 1 fully saturated rings. The number of anilines is 1. The van der Waals surface area contributed by atoms with E-state index in [0.29, 0.717) is 6.04 Å². The minimum atomic E-state index is 0.555. The highest BCUT2D eigenvalue weighted by Crippen LogP contribution is 2.34. The van der Waals surface area contributed by atoms with Crippen LogP contribution in [-0.2, 0) is 0 Å². The van der Waals surface area contributed by atoms with Crippen LogP contribution in [0.3, 0.4) is 0 Å². The van der Waals surface area contributed by atoms with Gasteiger partial charge in [-0.1, -0.05) is 23.7 Å². The second-order valence-electron chi connectivity index (χ2n) is 3.75. The third-order valence-electron chi connectivity index (χ3n) is 2.59. The standard InChI is InChI=1S/C11H14ClN/c1-8(9-6-7-9)13-11-5-3-2-4-10(11)12/h2-5,8-9,13H,6-7H2,1H3/t8-/m0/s1. The maximum Gasteiger partial charge on any atom is 0.0637 e. The van der Waals surface area contributed by atoms with Gasteiger partial charge in [0.25, 0.3) is 0 Å². The molecule has 0 heterocycles. The largest absolute Gasteiger partial charge is 0.381 e. The molecule has 1 aromatic carbocycles. The third kappa shape index (κ3) is 2.16. The molecule has 1 aromatic rings. The van der Waals surface area contributed by atoms with Gasteiger partial charge in [-0.2, -0.15) is 0 Å². The SMILES string of the molecule is C[C@H](Nc1ccccc1Cl)C1CC1. The molecule has 1 aliphatic rings. The van der Waals surface area contributed by atoms with Gasteiger partial charge in [0.05, 0.1) is 10.7 Å². The van der Waals surface area contributed by atoms with Crippen LogP contribution in [0.1, 0.15) is 19.8 Å². The molecule has 2 rings (SSSR count). The molecule has 70 valence electrons. The Labute approximate surface area is 84.1 Å². The smallest absolute Gasteiger partial charge is 0.0637 e. The number of hydrogen-bond acceptors (Lipinski definition) is 1. The maximum atomic E-state index is 6.03. The first-order chi connectivity index (χ1) is 6.27. The summed E-state index contributed by atoms with van der Waals surface area (Å²) < 4.78 is 0. The van der Waals surface area contributed by atoms with E-state index in [1.807, 2.05) is 24.3 Å². The fourth-order valence-electron chi connectivity index (χ4n) is 1.54. The summed E-state index contributed by atoms with van der Waals surface area (Å²) in [5.74, 6) is 0.858.